The molecule has 0 unspecified atom stereocenters. The van der Waals surface area contributed by atoms with Gasteiger partial charge in [-0.25, -0.2) is 0 Å². The van der Waals surface area contributed by atoms with Gasteiger partial charge in [-0.15, -0.1) is 0 Å². The van der Waals surface area contributed by atoms with Gasteiger partial charge in [0.15, 0.2) is 0 Å². The average Bonchev–Trinajstić information content (AvgIpc) is 2.90. The third kappa shape index (κ3) is 2.34. The summed E-state index contributed by atoms with van der Waals surface area (Å²) in [5.74, 6) is 0. The first-order valence-electron chi connectivity index (χ1n) is 7.95. The summed E-state index contributed by atoms with van der Waals surface area (Å²) in [6.07, 6.45) is 2.54. The van der Waals surface area contributed by atoms with Crippen LogP contribution in [0.15, 0.2) is 54.6 Å². The van der Waals surface area contributed by atoms with Gasteiger partial charge in [-0.2, -0.15) is 0 Å². The molecule has 0 radical (unpaired) electrons. The average molecular weight is 278 g/mol. The van der Waals surface area contributed by atoms with Crippen molar-refractivity contribution in [1.82, 2.24) is 4.90 Å². The number of hydrogen-bond donors (Lipinski definition) is 1. The lowest BCUT2D eigenvalue weighted by atomic mass is 9.74. The number of benzene rings is 2. The lowest BCUT2D eigenvalue weighted by molar-refractivity contribution is 0.162. The lowest BCUT2D eigenvalue weighted by Gasteiger charge is -2.39. The van der Waals surface area contributed by atoms with E-state index in [0.29, 0.717) is 5.41 Å². The maximum Gasteiger partial charge on any atom is 0.0379 e. The summed E-state index contributed by atoms with van der Waals surface area (Å²) in [6, 6.07) is 19.7. The molecule has 1 spiro atoms. The van der Waals surface area contributed by atoms with Crippen molar-refractivity contribution in [2.75, 3.05) is 25.0 Å². The van der Waals surface area contributed by atoms with Crippen LogP contribution in [0.1, 0.15) is 24.0 Å². The molecule has 0 aromatic heterocycles. The molecule has 2 heterocycles. The minimum absolute atomic E-state index is 0.379. The van der Waals surface area contributed by atoms with E-state index in [-0.39, 0.29) is 0 Å². The van der Waals surface area contributed by atoms with Crippen LogP contribution in [0.3, 0.4) is 0 Å². The summed E-state index contributed by atoms with van der Waals surface area (Å²) in [7, 11) is 0. The van der Waals surface area contributed by atoms with E-state index in [1.165, 1.54) is 37.2 Å². The second-order valence-electron chi connectivity index (χ2n) is 6.44. The molecule has 1 saturated heterocycles. The molecule has 0 amide bonds. The molecule has 0 aliphatic carbocycles. The fourth-order valence-electron chi connectivity index (χ4n) is 3.89. The maximum atomic E-state index is 3.61. The Morgan fingerprint density at radius 1 is 0.905 bits per heavy atom. The number of piperidine rings is 1. The van der Waals surface area contributed by atoms with Crippen molar-refractivity contribution in [3.63, 3.8) is 0 Å². The van der Waals surface area contributed by atoms with Crippen LogP contribution in [-0.4, -0.2) is 24.5 Å². The Hall–Kier alpha value is -1.80. The van der Waals surface area contributed by atoms with E-state index in [0.717, 1.165) is 13.1 Å². The van der Waals surface area contributed by atoms with Crippen LogP contribution in [0.5, 0.6) is 0 Å². The maximum absolute atomic E-state index is 3.61. The minimum atomic E-state index is 0.379. The Kier molecular flexibility index (Phi) is 3.19. The number of para-hydroxylation sites is 1. The first-order valence-corrected chi connectivity index (χ1v) is 7.95. The zero-order chi connectivity index (χ0) is 14.1. The van der Waals surface area contributed by atoms with Crippen molar-refractivity contribution in [2.45, 2.75) is 24.8 Å². The van der Waals surface area contributed by atoms with Crippen LogP contribution < -0.4 is 5.32 Å². The van der Waals surface area contributed by atoms with Crippen LogP contribution in [0.2, 0.25) is 0 Å². The fraction of sp³-hybridized carbons (Fsp3) is 0.368. The molecule has 0 atom stereocenters. The van der Waals surface area contributed by atoms with Gasteiger partial charge < -0.3 is 5.32 Å². The number of likely N-dealkylation sites (tertiary alicyclic amines) is 1. The van der Waals surface area contributed by atoms with Gasteiger partial charge in [0.1, 0.15) is 0 Å². The van der Waals surface area contributed by atoms with Crippen LogP contribution in [0.25, 0.3) is 0 Å². The number of nitrogens with one attached hydrogen (secondary N) is 1. The fourth-order valence-corrected chi connectivity index (χ4v) is 3.89. The molecular formula is C19H22N2. The number of nitrogens with zero attached hydrogens (tertiary/aromatic N) is 1. The van der Waals surface area contributed by atoms with Crippen LogP contribution in [0.4, 0.5) is 5.69 Å². The number of anilines is 1. The van der Waals surface area contributed by atoms with E-state index in [9.17, 15) is 0 Å². The Balaban J connectivity index is 1.46. The third-order valence-electron chi connectivity index (χ3n) is 5.18. The highest BCUT2D eigenvalue weighted by atomic mass is 15.1. The molecule has 2 aliphatic heterocycles. The predicted octanol–water partition coefficient (Wildman–Crippen LogP) is 3.65. The SMILES string of the molecule is c1ccc(CN2CCC3(CC2)CNc2ccccc23)cc1. The van der Waals surface area contributed by atoms with E-state index < -0.39 is 0 Å². The molecule has 2 aromatic carbocycles. The van der Waals surface area contributed by atoms with Crippen LogP contribution in [0, 0.1) is 0 Å². The molecule has 4 rings (SSSR count). The number of hydrogen-bond acceptors (Lipinski definition) is 2. The van der Waals surface area contributed by atoms with Crippen molar-refractivity contribution in [3.05, 3.63) is 65.7 Å². The van der Waals surface area contributed by atoms with Crippen LogP contribution in [-0.2, 0) is 12.0 Å². The smallest absolute Gasteiger partial charge is 0.0379 e. The standard InChI is InChI=1S/C19H22N2/c1-2-6-16(7-3-1)14-21-12-10-19(11-13-21)15-20-18-9-5-4-8-17(18)19/h1-9,20H,10-15H2. The third-order valence-corrected chi connectivity index (χ3v) is 5.18. The topological polar surface area (TPSA) is 15.3 Å². The van der Waals surface area contributed by atoms with Gasteiger partial charge >= 0.3 is 0 Å². The molecule has 2 aromatic rings. The van der Waals surface area contributed by atoms with Crippen molar-refractivity contribution >= 4 is 5.69 Å². The van der Waals surface area contributed by atoms with E-state index in [1.807, 2.05) is 0 Å². The minimum Gasteiger partial charge on any atom is -0.384 e. The lowest BCUT2D eigenvalue weighted by Crippen LogP contribution is -2.43. The molecule has 2 heteroatoms. The zero-order valence-electron chi connectivity index (χ0n) is 12.4. The summed E-state index contributed by atoms with van der Waals surface area (Å²) >= 11 is 0. The molecule has 1 N–H and O–H groups in total. The molecule has 2 nitrogen and oxygen atoms in total. The Labute approximate surface area is 126 Å². The van der Waals surface area contributed by atoms with Crippen molar-refractivity contribution in [3.8, 4) is 0 Å². The largest absolute Gasteiger partial charge is 0.384 e. The molecule has 0 saturated carbocycles. The van der Waals surface area contributed by atoms with Crippen LogP contribution >= 0.6 is 0 Å². The van der Waals surface area contributed by atoms with Gasteiger partial charge in [-0.1, -0.05) is 48.5 Å². The van der Waals surface area contributed by atoms with Gasteiger partial charge in [0.2, 0.25) is 0 Å². The normalized spacial score (nSPS) is 20.2. The molecule has 0 bridgehead atoms. The molecular weight excluding hydrogens is 256 g/mol. The van der Waals surface area contributed by atoms with Gasteiger partial charge in [-0.05, 0) is 43.1 Å². The van der Waals surface area contributed by atoms with Gasteiger partial charge in [0.05, 0.1) is 0 Å². The van der Waals surface area contributed by atoms with E-state index in [2.05, 4.69) is 64.8 Å². The zero-order valence-corrected chi connectivity index (χ0v) is 12.4. The van der Waals surface area contributed by atoms with Crippen molar-refractivity contribution in [2.24, 2.45) is 0 Å². The number of rotatable bonds is 2. The van der Waals surface area contributed by atoms with E-state index in [1.54, 1.807) is 5.56 Å². The molecule has 1 fully saturated rings. The van der Waals surface area contributed by atoms with Gasteiger partial charge in [0.25, 0.3) is 0 Å². The molecule has 108 valence electrons. The second kappa shape index (κ2) is 5.19. The van der Waals surface area contributed by atoms with Gasteiger partial charge in [-0.3, -0.25) is 4.90 Å². The van der Waals surface area contributed by atoms with E-state index in [4.69, 9.17) is 0 Å². The highest BCUT2D eigenvalue weighted by Crippen LogP contribution is 2.43. The summed E-state index contributed by atoms with van der Waals surface area (Å²) in [6.45, 7) is 4.60. The quantitative estimate of drug-likeness (QED) is 0.902. The van der Waals surface area contributed by atoms with Crippen molar-refractivity contribution < 1.29 is 0 Å². The summed E-state index contributed by atoms with van der Waals surface area (Å²) in [5, 5.41) is 3.61. The Morgan fingerprint density at radius 2 is 1.62 bits per heavy atom. The first-order chi connectivity index (χ1) is 10.4. The Morgan fingerprint density at radius 3 is 2.43 bits per heavy atom. The molecule has 21 heavy (non-hydrogen) atoms. The van der Waals surface area contributed by atoms with Crippen molar-refractivity contribution in [1.29, 1.82) is 0 Å². The summed E-state index contributed by atoms with van der Waals surface area (Å²) in [4.78, 5) is 2.60. The summed E-state index contributed by atoms with van der Waals surface area (Å²) < 4.78 is 0. The molecule has 2 aliphatic rings. The number of fused-ring (bicyclic) bond motifs is 2. The first kappa shape index (κ1) is 12.9. The second-order valence-corrected chi connectivity index (χ2v) is 6.44. The highest BCUT2D eigenvalue weighted by molar-refractivity contribution is 5.60. The highest BCUT2D eigenvalue weighted by Gasteiger charge is 2.40. The monoisotopic (exact) mass is 278 g/mol. The van der Waals surface area contributed by atoms with E-state index >= 15 is 0 Å². The van der Waals surface area contributed by atoms with Gasteiger partial charge in [0, 0.05) is 24.2 Å². The summed E-state index contributed by atoms with van der Waals surface area (Å²) in [5.41, 5.74) is 4.71. The Bertz CT molecular complexity index is 612. The predicted molar refractivity (Wildman–Crippen MR) is 87.6 cm³/mol.